The molecule has 0 aliphatic carbocycles. The summed E-state index contributed by atoms with van der Waals surface area (Å²) in [6, 6.07) is 0. The second-order valence-corrected chi connectivity index (χ2v) is 1.98. The lowest BCUT2D eigenvalue weighted by atomic mass is 10.3. The van der Waals surface area contributed by atoms with E-state index in [0.717, 1.165) is 0 Å². The maximum Gasteiger partial charge on any atom is 0.309 e. The quantitative estimate of drug-likeness (QED) is 0.514. The van der Waals surface area contributed by atoms with E-state index in [1.807, 2.05) is 0 Å². The smallest absolute Gasteiger partial charge is 0.204 e. The fourth-order valence-corrected chi connectivity index (χ4v) is 0.662. The molecule has 0 saturated heterocycles. The Bertz CT molecular complexity index is 237. The van der Waals surface area contributed by atoms with Crippen LogP contribution in [-0.2, 0) is 0 Å². The number of aryl methyl sites for hydroxylation is 2. The Labute approximate surface area is 56.9 Å². The molecule has 54 valence electrons. The molecule has 1 heterocycles. The van der Waals surface area contributed by atoms with E-state index in [1.165, 1.54) is 13.8 Å². The molecular weight excluding hydrogens is 138 g/mol. The molecule has 0 atom stereocenters. The topological polar surface area (TPSA) is 25.8 Å². The monoisotopic (exact) mass is 144 g/mol. The normalized spacial score (nSPS) is 10.0. The molecule has 0 amide bonds. The molecule has 0 unspecified atom stereocenters. The van der Waals surface area contributed by atoms with Crippen LogP contribution in [0.5, 0.6) is 0 Å². The fourth-order valence-electron chi connectivity index (χ4n) is 0.662. The Morgan fingerprint density at radius 3 is 1.80 bits per heavy atom. The first-order valence-electron chi connectivity index (χ1n) is 2.77. The molecule has 0 aromatic carbocycles. The Morgan fingerprint density at radius 1 is 1.00 bits per heavy atom. The number of hydrogen-bond donors (Lipinski definition) is 0. The van der Waals surface area contributed by atoms with Gasteiger partial charge in [-0.2, -0.15) is 4.39 Å². The number of nitrogens with zero attached hydrogens (tertiary/aromatic N) is 2. The molecule has 0 fully saturated rings. The van der Waals surface area contributed by atoms with E-state index < -0.39 is 11.9 Å². The largest absolute Gasteiger partial charge is 0.309 e. The van der Waals surface area contributed by atoms with Crippen LogP contribution in [0.15, 0.2) is 0 Å². The summed E-state index contributed by atoms with van der Waals surface area (Å²) < 4.78 is 24.8. The molecule has 0 bridgehead atoms. The lowest BCUT2D eigenvalue weighted by Crippen LogP contribution is -1.99. The van der Waals surface area contributed by atoms with Gasteiger partial charge >= 0.3 is 6.08 Å². The van der Waals surface area contributed by atoms with Gasteiger partial charge in [0.05, 0.1) is 11.4 Å². The highest BCUT2D eigenvalue weighted by atomic mass is 19.1. The van der Waals surface area contributed by atoms with Gasteiger partial charge in [-0.25, -0.2) is 14.4 Å². The van der Waals surface area contributed by atoms with Gasteiger partial charge in [0.15, 0.2) is 5.82 Å². The molecule has 1 aromatic heterocycles. The van der Waals surface area contributed by atoms with Crippen LogP contribution in [0, 0.1) is 25.7 Å². The van der Waals surface area contributed by atoms with Crippen LogP contribution >= 0.6 is 0 Å². The predicted molar refractivity (Wildman–Crippen MR) is 31.4 cm³/mol. The van der Waals surface area contributed by atoms with Gasteiger partial charge in [-0.05, 0) is 13.8 Å². The minimum atomic E-state index is -0.878. The highest BCUT2D eigenvalue weighted by Gasteiger charge is 2.05. The summed E-state index contributed by atoms with van der Waals surface area (Å²) in [6.45, 7) is 2.79. The fraction of sp³-hybridized carbons (Fsp3) is 0.333. The zero-order valence-corrected chi connectivity index (χ0v) is 5.65. The number of rotatable bonds is 0. The second kappa shape index (κ2) is 2.28. The third-order valence-corrected chi connectivity index (χ3v) is 1.16. The van der Waals surface area contributed by atoms with E-state index in [2.05, 4.69) is 9.97 Å². The van der Waals surface area contributed by atoms with Crippen molar-refractivity contribution in [1.82, 2.24) is 9.97 Å². The van der Waals surface area contributed by atoms with Gasteiger partial charge in [-0.1, -0.05) is 0 Å². The molecule has 10 heavy (non-hydrogen) atoms. The molecule has 0 spiro atoms. The average molecular weight is 144 g/mol. The molecular formula is C6H6F2N2. The van der Waals surface area contributed by atoms with Gasteiger partial charge < -0.3 is 0 Å². The zero-order valence-electron chi connectivity index (χ0n) is 5.65. The number of halogens is 2. The van der Waals surface area contributed by atoms with Crippen LogP contribution < -0.4 is 0 Å². The average Bonchev–Trinajstić information content (AvgIpc) is 1.82. The van der Waals surface area contributed by atoms with Crippen LogP contribution in [0.3, 0.4) is 0 Å². The van der Waals surface area contributed by atoms with Crippen LogP contribution in [0.2, 0.25) is 0 Å². The molecule has 1 aromatic rings. The van der Waals surface area contributed by atoms with Crippen molar-refractivity contribution in [3.63, 3.8) is 0 Å². The Balaban J connectivity index is 3.31. The van der Waals surface area contributed by atoms with E-state index in [-0.39, 0.29) is 11.4 Å². The summed E-state index contributed by atoms with van der Waals surface area (Å²) in [5.41, 5.74) is 0.0926. The molecule has 0 aliphatic rings. The molecule has 0 N–H and O–H groups in total. The van der Waals surface area contributed by atoms with E-state index in [1.54, 1.807) is 0 Å². The first-order chi connectivity index (χ1) is 4.61. The van der Waals surface area contributed by atoms with Crippen LogP contribution in [0.4, 0.5) is 8.78 Å². The first kappa shape index (κ1) is 7.05. The van der Waals surface area contributed by atoms with Crippen molar-refractivity contribution < 1.29 is 8.78 Å². The van der Waals surface area contributed by atoms with Crippen LogP contribution in [0.1, 0.15) is 11.4 Å². The van der Waals surface area contributed by atoms with Crippen molar-refractivity contribution in [1.29, 1.82) is 0 Å². The summed E-state index contributed by atoms with van der Waals surface area (Å²) >= 11 is 0. The van der Waals surface area contributed by atoms with E-state index >= 15 is 0 Å². The zero-order chi connectivity index (χ0) is 7.72. The minimum Gasteiger partial charge on any atom is -0.204 e. The molecule has 4 heteroatoms. The first-order valence-corrected chi connectivity index (χ1v) is 2.77. The van der Waals surface area contributed by atoms with Crippen molar-refractivity contribution in [2.75, 3.05) is 0 Å². The van der Waals surface area contributed by atoms with Gasteiger partial charge in [0.2, 0.25) is 0 Å². The summed E-state index contributed by atoms with van der Waals surface area (Å²) in [5, 5.41) is 0. The maximum atomic E-state index is 12.6. The number of hydrogen-bond acceptors (Lipinski definition) is 2. The third-order valence-electron chi connectivity index (χ3n) is 1.16. The molecule has 2 nitrogen and oxygen atoms in total. The van der Waals surface area contributed by atoms with Crippen molar-refractivity contribution in [2.45, 2.75) is 13.8 Å². The second-order valence-electron chi connectivity index (χ2n) is 1.98. The molecule has 1 rings (SSSR count). The van der Waals surface area contributed by atoms with E-state index in [0.29, 0.717) is 0 Å². The Hall–Kier alpha value is -1.06. The summed E-state index contributed by atoms with van der Waals surface area (Å²) in [4.78, 5) is 6.36. The predicted octanol–water partition coefficient (Wildman–Crippen LogP) is 1.37. The van der Waals surface area contributed by atoms with Gasteiger partial charge in [0, 0.05) is 0 Å². The van der Waals surface area contributed by atoms with Crippen molar-refractivity contribution in [3.8, 4) is 0 Å². The van der Waals surface area contributed by atoms with Gasteiger partial charge in [0.1, 0.15) is 0 Å². The minimum absolute atomic E-state index is 0.0463. The standard InChI is InChI=1S/C6H6F2N2/c1-3-5(7)4(2)10-6(8)9-3/h1-2H3. The summed E-state index contributed by atoms with van der Waals surface area (Å²) in [7, 11) is 0. The Morgan fingerprint density at radius 2 is 1.40 bits per heavy atom. The van der Waals surface area contributed by atoms with Gasteiger partial charge in [0.25, 0.3) is 0 Å². The number of aromatic nitrogens is 2. The van der Waals surface area contributed by atoms with Gasteiger partial charge in [-0.3, -0.25) is 0 Å². The van der Waals surface area contributed by atoms with Crippen LogP contribution in [-0.4, -0.2) is 9.97 Å². The highest BCUT2D eigenvalue weighted by Crippen LogP contribution is 2.05. The van der Waals surface area contributed by atoms with Crippen molar-refractivity contribution in [3.05, 3.63) is 23.3 Å². The van der Waals surface area contributed by atoms with E-state index in [9.17, 15) is 8.78 Å². The van der Waals surface area contributed by atoms with Crippen molar-refractivity contribution in [2.24, 2.45) is 0 Å². The van der Waals surface area contributed by atoms with Gasteiger partial charge in [-0.15, -0.1) is 0 Å². The Kier molecular flexibility index (Phi) is 1.61. The molecule has 0 aliphatic heterocycles. The summed E-state index contributed by atoms with van der Waals surface area (Å²) in [5.74, 6) is -0.540. The lowest BCUT2D eigenvalue weighted by molar-refractivity contribution is 0.499. The summed E-state index contributed by atoms with van der Waals surface area (Å²) in [6.07, 6.45) is -0.878. The molecule has 0 radical (unpaired) electrons. The van der Waals surface area contributed by atoms with E-state index in [4.69, 9.17) is 0 Å². The maximum absolute atomic E-state index is 12.6. The SMILES string of the molecule is Cc1nc(F)nc(C)c1F. The third kappa shape index (κ3) is 1.10. The highest BCUT2D eigenvalue weighted by molar-refractivity contribution is 5.08. The molecule has 0 saturated carbocycles. The van der Waals surface area contributed by atoms with Crippen LogP contribution in [0.25, 0.3) is 0 Å². The van der Waals surface area contributed by atoms with Crippen molar-refractivity contribution >= 4 is 0 Å². The lowest BCUT2D eigenvalue weighted by Gasteiger charge is -1.96.